The number of nitrogens with zero attached hydrogens (tertiary/aromatic N) is 1. The number of likely N-dealkylation sites (tertiary alicyclic amines) is 1. The minimum absolute atomic E-state index is 0.0490. The van der Waals surface area contributed by atoms with Gasteiger partial charge in [0, 0.05) is 19.7 Å². The Morgan fingerprint density at radius 1 is 1.59 bits per heavy atom. The minimum atomic E-state index is -0.349. The topological polar surface area (TPSA) is 66.6 Å². The van der Waals surface area contributed by atoms with Crippen LogP contribution in [0.25, 0.3) is 0 Å². The van der Waals surface area contributed by atoms with Gasteiger partial charge in [0.25, 0.3) is 0 Å². The number of aliphatic hydroxyl groups excluding tert-OH is 1. The highest BCUT2D eigenvalue weighted by Crippen LogP contribution is 2.23. The number of carbonyl (C=O) groups is 1. The summed E-state index contributed by atoms with van der Waals surface area (Å²) >= 11 is 4.98. The van der Waals surface area contributed by atoms with Crippen molar-refractivity contribution in [1.82, 2.24) is 4.90 Å². The van der Waals surface area contributed by atoms with Gasteiger partial charge in [-0.3, -0.25) is 4.79 Å². The van der Waals surface area contributed by atoms with Gasteiger partial charge < -0.3 is 15.7 Å². The Balaban J connectivity index is 2.61. The van der Waals surface area contributed by atoms with Crippen LogP contribution in [0.3, 0.4) is 0 Å². The van der Waals surface area contributed by atoms with E-state index in [1.165, 1.54) is 0 Å². The Kier molecular flexibility index (Phi) is 5.33. The fraction of sp³-hybridized carbons (Fsp3) is 0.833. The van der Waals surface area contributed by atoms with Gasteiger partial charge in [-0.05, 0) is 24.7 Å². The molecule has 1 heterocycles. The smallest absolute Gasteiger partial charge is 0.232 e. The molecule has 0 aromatic carbocycles. The lowest BCUT2D eigenvalue weighted by Crippen LogP contribution is -2.42. The molecule has 0 aromatic heterocycles. The molecule has 1 aliphatic heterocycles. The first kappa shape index (κ1) is 14.4. The van der Waals surface area contributed by atoms with Gasteiger partial charge >= 0.3 is 0 Å². The van der Waals surface area contributed by atoms with Crippen LogP contribution in [0.15, 0.2) is 0 Å². The molecule has 0 bridgehead atoms. The van der Waals surface area contributed by atoms with Gasteiger partial charge in [0.15, 0.2) is 0 Å². The summed E-state index contributed by atoms with van der Waals surface area (Å²) in [5.41, 5.74) is 5.64. The minimum Gasteiger partial charge on any atom is -0.396 e. The molecule has 2 unspecified atom stereocenters. The maximum absolute atomic E-state index is 12.3. The third-order valence-electron chi connectivity index (χ3n) is 3.37. The average Bonchev–Trinajstić information content (AvgIpc) is 2.65. The number of nitrogens with two attached hydrogens (primary N) is 1. The van der Waals surface area contributed by atoms with E-state index < -0.39 is 0 Å². The molecule has 1 saturated heterocycles. The van der Waals surface area contributed by atoms with Gasteiger partial charge in [0.05, 0.1) is 10.9 Å². The second-order valence-electron chi connectivity index (χ2n) is 5.08. The summed E-state index contributed by atoms with van der Waals surface area (Å²) in [6.45, 7) is 5.60. The molecule has 3 N–H and O–H groups in total. The molecule has 0 radical (unpaired) electrons. The van der Waals surface area contributed by atoms with Crippen LogP contribution in [-0.2, 0) is 4.79 Å². The average molecular weight is 258 g/mol. The van der Waals surface area contributed by atoms with Crippen molar-refractivity contribution >= 4 is 23.1 Å². The van der Waals surface area contributed by atoms with Crippen LogP contribution in [0, 0.1) is 17.8 Å². The molecule has 5 heteroatoms. The van der Waals surface area contributed by atoms with Crippen molar-refractivity contribution in [1.29, 1.82) is 0 Å². The SMILES string of the molecule is CC(C)C(C(=O)N1CCC(CCO)C1)C(N)=S. The highest BCUT2D eigenvalue weighted by Gasteiger charge is 2.33. The molecule has 1 rings (SSSR count). The first-order valence-corrected chi connectivity index (χ1v) is 6.57. The normalized spacial score (nSPS) is 21.9. The van der Waals surface area contributed by atoms with E-state index in [1.807, 2.05) is 18.7 Å². The summed E-state index contributed by atoms with van der Waals surface area (Å²) in [4.78, 5) is 14.4. The second-order valence-corrected chi connectivity index (χ2v) is 5.55. The van der Waals surface area contributed by atoms with Crippen molar-refractivity contribution in [3.8, 4) is 0 Å². The largest absolute Gasteiger partial charge is 0.396 e. The van der Waals surface area contributed by atoms with Gasteiger partial charge in [0.1, 0.15) is 0 Å². The summed E-state index contributed by atoms with van der Waals surface area (Å²) < 4.78 is 0. The first-order valence-electron chi connectivity index (χ1n) is 6.16. The van der Waals surface area contributed by atoms with Crippen LogP contribution in [0.4, 0.5) is 0 Å². The molecule has 2 atom stereocenters. The number of rotatable bonds is 5. The molecule has 1 aliphatic rings. The maximum Gasteiger partial charge on any atom is 0.232 e. The Morgan fingerprint density at radius 3 is 2.71 bits per heavy atom. The van der Waals surface area contributed by atoms with Crippen LogP contribution in [0.5, 0.6) is 0 Å². The van der Waals surface area contributed by atoms with E-state index in [-0.39, 0.29) is 29.3 Å². The standard InChI is InChI=1S/C12H22N2O2S/c1-8(2)10(11(13)17)12(16)14-5-3-9(7-14)4-6-15/h8-10,15H,3-7H2,1-2H3,(H2,13,17). The van der Waals surface area contributed by atoms with E-state index in [4.69, 9.17) is 23.1 Å². The van der Waals surface area contributed by atoms with E-state index in [1.54, 1.807) is 0 Å². The molecular weight excluding hydrogens is 236 g/mol. The van der Waals surface area contributed by atoms with Gasteiger partial charge in [-0.25, -0.2) is 0 Å². The fourth-order valence-electron chi connectivity index (χ4n) is 2.38. The Morgan fingerprint density at radius 2 is 2.24 bits per heavy atom. The predicted octanol–water partition coefficient (Wildman–Crippen LogP) is 0.776. The number of hydrogen-bond donors (Lipinski definition) is 2. The van der Waals surface area contributed by atoms with Crippen molar-refractivity contribution in [2.24, 2.45) is 23.5 Å². The van der Waals surface area contributed by atoms with Gasteiger partial charge in [0.2, 0.25) is 5.91 Å². The van der Waals surface area contributed by atoms with E-state index >= 15 is 0 Å². The number of thiocarbonyl (C=S) groups is 1. The van der Waals surface area contributed by atoms with Crippen LogP contribution in [-0.4, -0.2) is 40.6 Å². The number of amides is 1. The highest BCUT2D eigenvalue weighted by molar-refractivity contribution is 7.80. The fourth-order valence-corrected chi connectivity index (χ4v) is 2.76. The number of hydrogen-bond acceptors (Lipinski definition) is 3. The van der Waals surface area contributed by atoms with Crippen LogP contribution < -0.4 is 5.73 Å². The molecule has 98 valence electrons. The molecule has 17 heavy (non-hydrogen) atoms. The molecule has 0 spiro atoms. The Bertz CT molecular complexity index is 294. The molecule has 0 aromatic rings. The second kappa shape index (κ2) is 6.31. The zero-order valence-corrected chi connectivity index (χ0v) is 11.4. The van der Waals surface area contributed by atoms with E-state index in [0.29, 0.717) is 5.92 Å². The lowest BCUT2D eigenvalue weighted by atomic mass is 9.94. The van der Waals surface area contributed by atoms with Gasteiger partial charge in [-0.2, -0.15) is 0 Å². The molecular formula is C12H22N2O2S. The Hall–Kier alpha value is -0.680. The summed E-state index contributed by atoms with van der Waals surface area (Å²) in [6, 6.07) is 0. The van der Waals surface area contributed by atoms with E-state index in [0.717, 1.165) is 25.9 Å². The van der Waals surface area contributed by atoms with Crippen molar-refractivity contribution in [2.45, 2.75) is 26.7 Å². The van der Waals surface area contributed by atoms with Gasteiger partial charge in [-0.15, -0.1) is 0 Å². The monoisotopic (exact) mass is 258 g/mol. The van der Waals surface area contributed by atoms with Crippen molar-refractivity contribution in [3.63, 3.8) is 0 Å². The van der Waals surface area contributed by atoms with Crippen LogP contribution >= 0.6 is 12.2 Å². The molecule has 4 nitrogen and oxygen atoms in total. The summed E-state index contributed by atoms with van der Waals surface area (Å²) in [7, 11) is 0. The lowest BCUT2D eigenvalue weighted by molar-refractivity contribution is -0.133. The van der Waals surface area contributed by atoms with Crippen molar-refractivity contribution in [2.75, 3.05) is 19.7 Å². The van der Waals surface area contributed by atoms with Crippen LogP contribution in [0.2, 0.25) is 0 Å². The van der Waals surface area contributed by atoms with E-state index in [2.05, 4.69) is 0 Å². The van der Waals surface area contributed by atoms with E-state index in [9.17, 15) is 4.79 Å². The summed E-state index contributed by atoms with van der Waals surface area (Å²) in [5, 5.41) is 8.89. The predicted molar refractivity (Wildman–Crippen MR) is 71.5 cm³/mol. The quantitative estimate of drug-likeness (QED) is 0.715. The maximum atomic E-state index is 12.3. The number of carbonyl (C=O) groups excluding carboxylic acids is 1. The summed E-state index contributed by atoms with van der Waals surface area (Å²) in [6.07, 6.45) is 1.73. The lowest BCUT2D eigenvalue weighted by Gasteiger charge is -2.25. The Labute approximate surface area is 108 Å². The van der Waals surface area contributed by atoms with Crippen molar-refractivity contribution in [3.05, 3.63) is 0 Å². The summed E-state index contributed by atoms with van der Waals surface area (Å²) in [5.74, 6) is 0.255. The van der Waals surface area contributed by atoms with Gasteiger partial charge in [-0.1, -0.05) is 26.1 Å². The molecule has 0 saturated carbocycles. The first-order chi connectivity index (χ1) is 7.97. The third kappa shape index (κ3) is 3.64. The molecule has 1 amide bonds. The zero-order chi connectivity index (χ0) is 13.0. The highest BCUT2D eigenvalue weighted by atomic mass is 32.1. The van der Waals surface area contributed by atoms with Crippen LogP contribution in [0.1, 0.15) is 26.7 Å². The zero-order valence-electron chi connectivity index (χ0n) is 10.6. The molecule has 1 fully saturated rings. The molecule has 0 aliphatic carbocycles. The van der Waals surface area contributed by atoms with Crippen molar-refractivity contribution < 1.29 is 9.90 Å². The third-order valence-corrected chi connectivity index (χ3v) is 3.63. The number of aliphatic hydroxyl groups is 1.